The monoisotopic (exact) mass is 273 g/mol. The molecular weight excluding hydrogens is 262 g/mol. The number of nitrogens with one attached hydrogen (secondary N) is 2. The van der Waals surface area contributed by atoms with Crippen LogP contribution < -0.4 is 5.32 Å². The summed E-state index contributed by atoms with van der Waals surface area (Å²) in [4.78, 5) is 16.3. The number of rotatable bonds is 3. The van der Waals surface area contributed by atoms with Crippen molar-refractivity contribution in [3.05, 3.63) is 40.3 Å². The summed E-state index contributed by atoms with van der Waals surface area (Å²) >= 11 is 1.52. The average molecular weight is 273 g/mol. The predicted octanol–water partition coefficient (Wildman–Crippen LogP) is 1.91. The molecule has 2 heterocycles. The molecule has 0 saturated heterocycles. The molecule has 0 aliphatic heterocycles. The number of amides is 1. The first-order valence-electron chi connectivity index (χ1n) is 5.75. The Hall–Kier alpha value is -2.28. The van der Waals surface area contributed by atoms with Crippen LogP contribution in [0.4, 0.5) is 0 Å². The Bertz CT molecular complexity index is 706. The van der Waals surface area contributed by atoms with Gasteiger partial charge in [-0.05, 0) is 25.1 Å². The molecule has 2 N–H and O–H groups in total. The van der Waals surface area contributed by atoms with Crippen molar-refractivity contribution in [2.24, 2.45) is 0 Å². The number of aromatic nitrogens is 4. The van der Waals surface area contributed by atoms with E-state index in [0.717, 1.165) is 10.5 Å². The van der Waals surface area contributed by atoms with E-state index in [1.165, 1.54) is 11.3 Å². The second-order valence-corrected chi connectivity index (χ2v) is 5.02. The van der Waals surface area contributed by atoms with Crippen molar-refractivity contribution in [2.75, 3.05) is 0 Å². The first-order chi connectivity index (χ1) is 9.24. The maximum Gasteiger partial charge on any atom is 0.251 e. The quantitative estimate of drug-likeness (QED) is 0.763. The minimum Gasteiger partial charge on any atom is -0.343 e. The summed E-state index contributed by atoms with van der Waals surface area (Å²) in [5.74, 6) is -0.146. The molecule has 0 unspecified atom stereocenters. The molecule has 2 aromatic heterocycles. The summed E-state index contributed by atoms with van der Waals surface area (Å²) in [6.07, 6.45) is 1.73. The molecule has 1 amide bonds. The van der Waals surface area contributed by atoms with Gasteiger partial charge in [0, 0.05) is 17.1 Å². The van der Waals surface area contributed by atoms with Crippen molar-refractivity contribution in [3.8, 4) is 0 Å². The second-order valence-electron chi connectivity index (χ2n) is 4.09. The van der Waals surface area contributed by atoms with Gasteiger partial charge in [-0.2, -0.15) is 15.4 Å². The maximum atomic E-state index is 12.1. The summed E-state index contributed by atoms with van der Waals surface area (Å²) in [6.45, 7) is 1.91. The van der Waals surface area contributed by atoms with Gasteiger partial charge in [-0.15, -0.1) is 11.3 Å². The van der Waals surface area contributed by atoms with E-state index in [9.17, 15) is 4.79 Å². The first kappa shape index (κ1) is 11.8. The van der Waals surface area contributed by atoms with Crippen molar-refractivity contribution in [1.29, 1.82) is 0 Å². The average Bonchev–Trinajstić information content (AvgIpc) is 3.09. The molecule has 19 heavy (non-hydrogen) atoms. The highest BCUT2D eigenvalue weighted by Crippen LogP contribution is 2.16. The van der Waals surface area contributed by atoms with Crippen LogP contribution in [0.3, 0.4) is 0 Å². The Balaban J connectivity index is 1.79. The van der Waals surface area contributed by atoms with Gasteiger partial charge in [0.2, 0.25) is 0 Å². The Morgan fingerprint density at radius 2 is 2.21 bits per heavy atom. The van der Waals surface area contributed by atoms with Gasteiger partial charge >= 0.3 is 0 Å². The van der Waals surface area contributed by atoms with E-state index in [1.807, 2.05) is 12.3 Å². The lowest BCUT2D eigenvalue weighted by Crippen LogP contribution is -2.26. The van der Waals surface area contributed by atoms with Crippen molar-refractivity contribution < 1.29 is 4.79 Å². The molecule has 0 aliphatic carbocycles. The third-order valence-corrected chi connectivity index (χ3v) is 3.71. The number of hydrogen-bond donors (Lipinski definition) is 2. The van der Waals surface area contributed by atoms with Gasteiger partial charge in [-0.3, -0.25) is 4.79 Å². The van der Waals surface area contributed by atoms with Gasteiger partial charge in [0.15, 0.2) is 0 Å². The van der Waals surface area contributed by atoms with E-state index in [1.54, 1.807) is 24.4 Å². The van der Waals surface area contributed by atoms with E-state index in [0.29, 0.717) is 11.1 Å². The van der Waals surface area contributed by atoms with Gasteiger partial charge in [-0.25, -0.2) is 4.98 Å². The highest BCUT2D eigenvalue weighted by Gasteiger charge is 2.14. The van der Waals surface area contributed by atoms with Crippen molar-refractivity contribution >= 4 is 28.3 Å². The molecule has 0 radical (unpaired) electrons. The molecule has 96 valence electrons. The lowest BCUT2D eigenvalue weighted by atomic mass is 10.2. The van der Waals surface area contributed by atoms with Crippen LogP contribution in [-0.2, 0) is 0 Å². The Labute approximate surface area is 112 Å². The van der Waals surface area contributed by atoms with Gasteiger partial charge < -0.3 is 5.32 Å². The van der Waals surface area contributed by atoms with Crippen molar-refractivity contribution in [3.63, 3.8) is 0 Å². The molecule has 3 aromatic rings. The number of carbonyl (C=O) groups is 1. The molecule has 1 atom stereocenters. The molecule has 0 saturated carbocycles. The lowest BCUT2D eigenvalue weighted by Gasteiger charge is -2.10. The molecule has 7 heteroatoms. The van der Waals surface area contributed by atoms with Crippen LogP contribution in [0.5, 0.6) is 0 Å². The maximum absolute atomic E-state index is 12.1. The van der Waals surface area contributed by atoms with Crippen molar-refractivity contribution in [1.82, 2.24) is 25.7 Å². The fourth-order valence-corrected chi connectivity index (χ4v) is 2.42. The highest BCUT2D eigenvalue weighted by atomic mass is 32.1. The number of benzene rings is 1. The molecule has 3 rings (SSSR count). The van der Waals surface area contributed by atoms with Gasteiger partial charge in [-0.1, -0.05) is 0 Å². The Morgan fingerprint density at radius 1 is 1.37 bits per heavy atom. The Morgan fingerprint density at radius 3 is 3.00 bits per heavy atom. The summed E-state index contributed by atoms with van der Waals surface area (Å²) in [7, 11) is 0. The zero-order valence-corrected chi connectivity index (χ0v) is 10.9. The Kier molecular flexibility index (Phi) is 2.96. The number of fused-ring (bicyclic) bond motifs is 1. The third kappa shape index (κ3) is 2.32. The van der Waals surface area contributed by atoms with E-state index in [2.05, 4.69) is 25.7 Å². The summed E-state index contributed by atoms with van der Waals surface area (Å²) in [6, 6.07) is 5.10. The lowest BCUT2D eigenvalue weighted by molar-refractivity contribution is 0.0940. The number of thiazole rings is 1. The third-order valence-electron chi connectivity index (χ3n) is 2.75. The van der Waals surface area contributed by atoms with Gasteiger partial charge in [0.05, 0.1) is 6.04 Å². The second kappa shape index (κ2) is 4.77. The highest BCUT2D eigenvalue weighted by molar-refractivity contribution is 7.09. The summed E-state index contributed by atoms with van der Waals surface area (Å²) in [5, 5.41) is 16.1. The molecular formula is C12H11N5OS. The molecule has 6 nitrogen and oxygen atoms in total. The van der Waals surface area contributed by atoms with Gasteiger partial charge in [0.1, 0.15) is 16.0 Å². The zero-order chi connectivity index (χ0) is 13.2. The van der Waals surface area contributed by atoms with Crippen LogP contribution in [0, 0.1) is 0 Å². The van der Waals surface area contributed by atoms with Crippen molar-refractivity contribution in [2.45, 2.75) is 13.0 Å². The normalized spacial score (nSPS) is 12.5. The van der Waals surface area contributed by atoms with Crippen LogP contribution >= 0.6 is 11.3 Å². The fourth-order valence-electron chi connectivity index (χ4n) is 1.77. The smallest absolute Gasteiger partial charge is 0.251 e. The fraction of sp³-hybridized carbons (Fsp3) is 0.167. The molecule has 0 bridgehead atoms. The first-order valence-corrected chi connectivity index (χ1v) is 6.63. The largest absolute Gasteiger partial charge is 0.343 e. The van der Waals surface area contributed by atoms with E-state index < -0.39 is 0 Å². The zero-order valence-electron chi connectivity index (χ0n) is 10.1. The topological polar surface area (TPSA) is 83.6 Å². The summed E-state index contributed by atoms with van der Waals surface area (Å²) in [5.41, 5.74) is 1.98. The van der Waals surface area contributed by atoms with E-state index in [4.69, 9.17) is 0 Å². The molecule has 1 aromatic carbocycles. The number of aromatic amines is 1. The number of nitrogens with zero attached hydrogens (tertiary/aromatic N) is 3. The van der Waals surface area contributed by atoms with Crippen LogP contribution in [0.15, 0.2) is 29.8 Å². The predicted molar refractivity (Wildman–Crippen MR) is 71.9 cm³/mol. The SMILES string of the molecule is C[C@H](NC(=O)c1ccc2n[nH]nc2c1)c1nccs1. The molecule has 0 spiro atoms. The minimum absolute atomic E-state index is 0.111. The molecule has 0 fully saturated rings. The van der Waals surface area contributed by atoms with Crippen LogP contribution in [0.2, 0.25) is 0 Å². The van der Waals surface area contributed by atoms with E-state index >= 15 is 0 Å². The number of carbonyl (C=O) groups excluding carboxylic acids is 1. The minimum atomic E-state index is -0.146. The van der Waals surface area contributed by atoms with E-state index in [-0.39, 0.29) is 11.9 Å². The van der Waals surface area contributed by atoms with Crippen LogP contribution in [-0.4, -0.2) is 26.3 Å². The summed E-state index contributed by atoms with van der Waals surface area (Å²) < 4.78 is 0. The number of H-pyrrole nitrogens is 1. The van der Waals surface area contributed by atoms with Gasteiger partial charge in [0.25, 0.3) is 5.91 Å². The standard InChI is InChI=1S/C12H11N5OS/c1-7(12-13-4-5-19-12)14-11(18)8-2-3-9-10(6-8)16-17-15-9/h2-7H,1H3,(H,14,18)(H,15,16,17)/t7-/m0/s1. The van der Waals surface area contributed by atoms with Crippen LogP contribution in [0.25, 0.3) is 11.0 Å². The van der Waals surface area contributed by atoms with Crippen LogP contribution in [0.1, 0.15) is 28.3 Å². The number of hydrogen-bond acceptors (Lipinski definition) is 5. The molecule has 0 aliphatic rings.